The van der Waals surface area contributed by atoms with Crippen LogP contribution in [0.5, 0.6) is 5.75 Å². The van der Waals surface area contributed by atoms with E-state index in [1.807, 2.05) is 24.3 Å². The minimum atomic E-state index is -0.168. The maximum atomic E-state index is 8.69. The summed E-state index contributed by atoms with van der Waals surface area (Å²) in [6, 6.07) is 7.42. The highest BCUT2D eigenvalue weighted by Gasteiger charge is 2.03. The first-order valence-corrected chi connectivity index (χ1v) is 5.46. The summed E-state index contributed by atoms with van der Waals surface area (Å²) in [5, 5.41) is 16.5. The van der Waals surface area contributed by atoms with Gasteiger partial charge in [-0.15, -0.1) is 5.10 Å². The van der Waals surface area contributed by atoms with Gasteiger partial charge in [-0.3, -0.25) is 4.68 Å². The maximum absolute atomic E-state index is 8.69. The fourth-order valence-electron chi connectivity index (χ4n) is 1.44. The number of ether oxygens (including phenoxy) is 1. The van der Waals surface area contributed by atoms with Crippen molar-refractivity contribution in [2.45, 2.75) is 6.61 Å². The summed E-state index contributed by atoms with van der Waals surface area (Å²) in [5.74, 6) is 6.11. The van der Waals surface area contributed by atoms with Gasteiger partial charge in [-0.25, -0.2) is 0 Å². The van der Waals surface area contributed by atoms with Crippen molar-refractivity contribution in [2.24, 2.45) is 7.05 Å². The first-order chi connectivity index (χ1) is 8.79. The molecule has 18 heavy (non-hydrogen) atoms. The molecule has 0 bridgehead atoms. The minimum absolute atomic E-state index is 0.168. The van der Waals surface area contributed by atoms with E-state index in [4.69, 9.17) is 9.84 Å². The van der Waals surface area contributed by atoms with E-state index in [9.17, 15) is 0 Å². The highest BCUT2D eigenvalue weighted by atomic mass is 16.5. The summed E-state index contributed by atoms with van der Waals surface area (Å²) in [5.41, 5.74) is 1.50. The van der Waals surface area contributed by atoms with E-state index in [2.05, 4.69) is 22.2 Å². The Labute approximate surface area is 105 Å². The van der Waals surface area contributed by atoms with Gasteiger partial charge in [0.15, 0.2) is 0 Å². The highest BCUT2D eigenvalue weighted by molar-refractivity contribution is 5.45. The third-order valence-electron chi connectivity index (χ3n) is 2.21. The van der Waals surface area contributed by atoms with Crippen molar-refractivity contribution in [3.05, 3.63) is 41.7 Å². The molecular weight excluding hydrogens is 230 g/mol. The van der Waals surface area contributed by atoms with Gasteiger partial charge in [0.2, 0.25) is 0 Å². The third-order valence-corrected chi connectivity index (χ3v) is 2.21. The smallest absolute Gasteiger partial charge is 0.135 e. The quantitative estimate of drug-likeness (QED) is 0.808. The molecule has 5 nitrogen and oxygen atoms in total. The molecule has 0 aliphatic rings. The van der Waals surface area contributed by atoms with Crippen LogP contribution in [0.4, 0.5) is 0 Å². The molecule has 92 valence electrons. The first-order valence-electron chi connectivity index (χ1n) is 5.46. The van der Waals surface area contributed by atoms with Crippen LogP contribution < -0.4 is 4.74 Å². The van der Waals surface area contributed by atoms with Crippen molar-refractivity contribution in [3.8, 4) is 17.6 Å². The fraction of sp³-hybridized carbons (Fsp3) is 0.231. The third kappa shape index (κ3) is 3.09. The van der Waals surface area contributed by atoms with Crippen molar-refractivity contribution >= 4 is 0 Å². The lowest BCUT2D eigenvalue weighted by Gasteiger charge is -2.05. The molecular formula is C13H13N3O2. The normalized spacial score (nSPS) is 9.67. The minimum Gasteiger partial charge on any atom is -0.486 e. The molecule has 5 heteroatoms. The zero-order valence-electron chi connectivity index (χ0n) is 10.00. The average molecular weight is 243 g/mol. The maximum Gasteiger partial charge on any atom is 0.135 e. The summed E-state index contributed by atoms with van der Waals surface area (Å²) in [4.78, 5) is 0. The molecule has 0 radical (unpaired) electrons. The largest absolute Gasteiger partial charge is 0.486 e. The van der Waals surface area contributed by atoms with E-state index in [-0.39, 0.29) is 6.61 Å². The molecule has 1 aromatic carbocycles. The van der Waals surface area contributed by atoms with Gasteiger partial charge in [-0.05, 0) is 12.1 Å². The standard InChI is InChI=1S/C13H13N3O2/c1-16-9-12(14-15-16)10-18-13-7-3-2-5-11(13)6-4-8-17/h2-3,5,7,9,17H,8,10H2,1H3. The van der Waals surface area contributed by atoms with Crippen molar-refractivity contribution < 1.29 is 9.84 Å². The van der Waals surface area contributed by atoms with E-state index < -0.39 is 0 Å². The lowest BCUT2D eigenvalue weighted by molar-refractivity contribution is 0.300. The Balaban J connectivity index is 2.09. The number of aliphatic hydroxyl groups excluding tert-OH is 1. The van der Waals surface area contributed by atoms with Gasteiger partial charge >= 0.3 is 0 Å². The SMILES string of the molecule is Cn1cc(COc2ccccc2C#CCO)nn1. The molecule has 0 amide bonds. The lowest BCUT2D eigenvalue weighted by Crippen LogP contribution is -1.97. The van der Waals surface area contributed by atoms with Crippen LogP contribution >= 0.6 is 0 Å². The number of hydrogen-bond acceptors (Lipinski definition) is 4. The van der Waals surface area contributed by atoms with Crippen molar-refractivity contribution in [3.63, 3.8) is 0 Å². The Bertz CT molecular complexity index is 581. The van der Waals surface area contributed by atoms with E-state index in [0.717, 1.165) is 11.3 Å². The molecule has 0 saturated heterocycles. The van der Waals surface area contributed by atoms with Crippen molar-refractivity contribution in [2.75, 3.05) is 6.61 Å². The van der Waals surface area contributed by atoms with Gasteiger partial charge in [0.1, 0.15) is 24.7 Å². The topological polar surface area (TPSA) is 60.2 Å². The van der Waals surface area contributed by atoms with Gasteiger partial charge in [0.05, 0.1) is 11.8 Å². The van der Waals surface area contributed by atoms with Crippen molar-refractivity contribution in [1.82, 2.24) is 15.0 Å². The molecule has 0 aliphatic heterocycles. The first kappa shape index (κ1) is 12.1. The van der Waals surface area contributed by atoms with Crippen LogP contribution in [0.15, 0.2) is 30.5 Å². The summed E-state index contributed by atoms with van der Waals surface area (Å²) in [6.07, 6.45) is 1.79. The van der Waals surface area contributed by atoms with E-state index in [1.54, 1.807) is 17.9 Å². The predicted molar refractivity (Wildman–Crippen MR) is 65.7 cm³/mol. The van der Waals surface area contributed by atoms with Gasteiger partial charge < -0.3 is 9.84 Å². The molecule has 0 saturated carbocycles. The van der Waals surface area contributed by atoms with Crippen LogP contribution in [0.2, 0.25) is 0 Å². The number of hydrogen-bond donors (Lipinski definition) is 1. The number of benzene rings is 1. The molecule has 0 unspecified atom stereocenters. The van der Waals surface area contributed by atoms with Crippen molar-refractivity contribution in [1.29, 1.82) is 0 Å². The van der Waals surface area contributed by atoms with Crippen LogP contribution in [0.25, 0.3) is 0 Å². The molecule has 0 aliphatic carbocycles. The van der Waals surface area contributed by atoms with E-state index in [1.165, 1.54) is 0 Å². The second-order valence-corrected chi connectivity index (χ2v) is 3.63. The van der Waals surface area contributed by atoms with Gasteiger partial charge in [-0.2, -0.15) is 0 Å². The molecule has 0 fully saturated rings. The molecule has 1 N–H and O–H groups in total. The molecule has 0 atom stereocenters. The number of rotatable bonds is 3. The lowest BCUT2D eigenvalue weighted by atomic mass is 10.2. The number of aromatic nitrogens is 3. The van der Waals surface area contributed by atoms with Crippen LogP contribution in [-0.2, 0) is 13.7 Å². The summed E-state index contributed by atoms with van der Waals surface area (Å²) < 4.78 is 7.25. The van der Waals surface area contributed by atoms with Crippen LogP contribution in [0.1, 0.15) is 11.3 Å². The average Bonchev–Trinajstić information content (AvgIpc) is 2.81. The number of aryl methyl sites for hydroxylation is 1. The molecule has 2 aromatic rings. The van der Waals surface area contributed by atoms with Crippen LogP contribution in [0.3, 0.4) is 0 Å². The van der Waals surface area contributed by atoms with Crippen LogP contribution in [-0.4, -0.2) is 26.7 Å². The Hall–Kier alpha value is -2.32. The molecule has 2 rings (SSSR count). The number of aliphatic hydroxyl groups is 1. The zero-order valence-corrected chi connectivity index (χ0v) is 10.00. The summed E-state index contributed by atoms with van der Waals surface area (Å²) in [6.45, 7) is 0.171. The van der Waals surface area contributed by atoms with E-state index >= 15 is 0 Å². The fourth-order valence-corrected chi connectivity index (χ4v) is 1.44. The van der Waals surface area contributed by atoms with Gasteiger partial charge in [0, 0.05) is 7.05 Å². The number of nitrogens with zero attached hydrogens (tertiary/aromatic N) is 3. The van der Waals surface area contributed by atoms with E-state index in [0.29, 0.717) is 12.4 Å². The Kier molecular flexibility index (Phi) is 3.94. The highest BCUT2D eigenvalue weighted by Crippen LogP contribution is 2.17. The Morgan fingerprint density at radius 3 is 2.94 bits per heavy atom. The predicted octanol–water partition coefficient (Wildman–Crippen LogP) is 0.738. The van der Waals surface area contributed by atoms with Crippen LogP contribution in [0, 0.1) is 11.8 Å². The monoisotopic (exact) mass is 243 g/mol. The summed E-state index contributed by atoms with van der Waals surface area (Å²) in [7, 11) is 1.80. The molecule has 1 aromatic heterocycles. The molecule has 0 spiro atoms. The second-order valence-electron chi connectivity index (χ2n) is 3.63. The summed E-state index contributed by atoms with van der Waals surface area (Å²) >= 11 is 0. The Morgan fingerprint density at radius 1 is 1.39 bits per heavy atom. The molecule has 1 heterocycles. The second kappa shape index (κ2) is 5.84. The number of para-hydroxylation sites is 1. The van der Waals surface area contributed by atoms with Gasteiger partial charge in [0.25, 0.3) is 0 Å². The Morgan fingerprint density at radius 2 is 2.22 bits per heavy atom. The van der Waals surface area contributed by atoms with Gasteiger partial charge in [-0.1, -0.05) is 29.2 Å². The zero-order chi connectivity index (χ0) is 12.8.